The predicted octanol–water partition coefficient (Wildman–Crippen LogP) is 4.12. The maximum absolute atomic E-state index is 11.0. The molecule has 0 amide bonds. The first-order chi connectivity index (χ1) is 10.1. The van der Waals surface area contributed by atoms with Crippen LogP contribution in [0.25, 0.3) is 0 Å². The van der Waals surface area contributed by atoms with Gasteiger partial charge >= 0.3 is 0 Å². The number of ether oxygens (including phenoxy) is 1. The van der Waals surface area contributed by atoms with Crippen LogP contribution >= 0.6 is 0 Å². The Morgan fingerprint density at radius 2 is 2.14 bits per heavy atom. The van der Waals surface area contributed by atoms with Crippen LogP contribution in [0.4, 0.5) is 11.4 Å². The SMILES string of the molecule is CCNc1cc(COC2CCCCC2C)ccc1[N+](=O)[O-]. The van der Waals surface area contributed by atoms with Crippen LogP contribution in [0.3, 0.4) is 0 Å². The van der Waals surface area contributed by atoms with Crippen molar-refractivity contribution in [2.45, 2.75) is 52.2 Å². The highest BCUT2D eigenvalue weighted by atomic mass is 16.6. The molecule has 0 aliphatic heterocycles. The van der Waals surface area contributed by atoms with Gasteiger partial charge in [-0.15, -0.1) is 0 Å². The van der Waals surface area contributed by atoms with Gasteiger partial charge in [-0.1, -0.05) is 19.8 Å². The van der Waals surface area contributed by atoms with Gasteiger partial charge in [-0.05, 0) is 43.4 Å². The van der Waals surface area contributed by atoms with Gasteiger partial charge in [0.1, 0.15) is 5.69 Å². The first-order valence-electron chi connectivity index (χ1n) is 7.74. The van der Waals surface area contributed by atoms with E-state index >= 15 is 0 Å². The highest BCUT2D eigenvalue weighted by Gasteiger charge is 2.22. The number of nitro benzene ring substituents is 1. The third-order valence-corrected chi connectivity index (χ3v) is 4.12. The molecule has 2 atom stereocenters. The molecular formula is C16H24N2O3. The minimum atomic E-state index is -0.355. The lowest BCUT2D eigenvalue weighted by atomic mass is 9.88. The van der Waals surface area contributed by atoms with Gasteiger partial charge in [-0.3, -0.25) is 10.1 Å². The molecule has 0 radical (unpaired) electrons. The Morgan fingerprint density at radius 3 is 2.81 bits per heavy atom. The Kier molecular flexibility index (Phi) is 5.56. The molecule has 2 rings (SSSR count). The molecular weight excluding hydrogens is 268 g/mol. The quantitative estimate of drug-likeness (QED) is 0.632. The van der Waals surface area contributed by atoms with Crippen LogP contribution in [0.2, 0.25) is 0 Å². The fraction of sp³-hybridized carbons (Fsp3) is 0.625. The van der Waals surface area contributed by atoms with E-state index in [-0.39, 0.29) is 10.6 Å². The molecule has 0 saturated heterocycles. The van der Waals surface area contributed by atoms with Crippen molar-refractivity contribution in [3.8, 4) is 0 Å². The number of hydrogen-bond donors (Lipinski definition) is 1. The first-order valence-corrected chi connectivity index (χ1v) is 7.74. The van der Waals surface area contributed by atoms with E-state index in [4.69, 9.17) is 4.74 Å². The summed E-state index contributed by atoms with van der Waals surface area (Å²) in [6, 6.07) is 5.17. The summed E-state index contributed by atoms with van der Waals surface area (Å²) in [4.78, 5) is 10.6. The molecule has 1 aromatic rings. The fourth-order valence-electron chi connectivity index (χ4n) is 2.90. The Morgan fingerprint density at radius 1 is 1.38 bits per heavy atom. The second-order valence-electron chi connectivity index (χ2n) is 5.75. The largest absolute Gasteiger partial charge is 0.380 e. The Hall–Kier alpha value is -1.62. The number of benzene rings is 1. The maximum Gasteiger partial charge on any atom is 0.292 e. The Labute approximate surface area is 125 Å². The van der Waals surface area contributed by atoms with Gasteiger partial charge in [0.05, 0.1) is 17.6 Å². The van der Waals surface area contributed by atoms with Crippen molar-refractivity contribution < 1.29 is 9.66 Å². The molecule has 1 fully saturated rings. The average Bonchev–Trinajstić information content (AvgIpc) is 2.46. The van der Waals surface area contributed by atoms with Crippen molar-refractivity contribution in [3.63, 3.8) is 0 Å². The molecule has 5 heteroatoms. The van der Waals surface area contributed by atoms with E-state index < -0.39 is 0 Å². The van der Waals surface area contributed by atoms with E-state index in [0.29, 0.717) is 30.9 Å². The zero-order chi connectivity index (χ0) is 15.2. The smallest absolute Gasteiger partial charge is 0.292 e. The van der Waals surface area contributed by atoms with Gasteiger partial charge in [0.25, 0.3) is 5.69 Å². The number of nitro groups is 1. The second-order valence-corrected chi connectivity index (χ2v) is 5.75. The average molecular weight is 292 g/mol. The monoisotopic (exact) mass is 292 g/mol. The van der Waals surface area contributed by atoms with Crippen LogP contribution in [0.5, 0.6) is 0 Å². The van der Waals surface area contributed by atoms with Crippen molar-refractivity contribution in [2.24, 2.45) is 5.92 Å². The number of rotatable bonds is 6. The molecule has 0 aromatic heterocycles. The van der Waals surface area contributed by atoms with E-state index in [0.717, 1.165) is 12.0 Å². The van der Waals surface area contributed by atoms with E-state index in [1.807, 2.05) is 13.0 Å². The molecule has 116 valence electrons. The summed E-state index contributed by atoms with van der Waals surface area (Å²) in [5.41, 5.74) is 1.67. The Bertz CT molecular complexity index is 490. The minimum absolute atomic E-state index is 0.117. The molecule has 1 aliphatic rings. The fourth-order valence-corrected chi connectivity index (χ4v) is 2.90. The maximum atomic E-state index is 11.0. The van der Waals surface area contributed by atoms with Crippen LogP contribution in [0.1, 0.15) is 45.1 Å². The minimum Gasteiger partial charge on any atom is -0.380 e. The molecule has 0 spiro atoms. The molecule has 21 heavy (non-hydrogen) atoms. The normalized spacial score (nSPS) is 22.0. The van der Waals surface area contributed by atoms with Crippen LogP contribution in [-0.2, 0) is 11.3 Å². The summed E-state index contributed by atoms with van der Waals surface area (Å²) in [6.07, 6.45) is 5.19. The predicted molar refractivity (Wildman–Crippen MR) is 83.5 cm³/mol. The molecule has 2 unspecified atom stereocenters. The van der Waals surface area contributed by atoms with Crippen LogP contribution in [-0.4, -0.2) is 17.6 Å². The van der Waals surface area contributed by atoms with E-state index in [9.17, 15) is 10.1 Å². The molecule has 1 aliphatic carbocycles. The van der Waals surface area contributed by atoms with Crippen molar-refractivity contribution in [3.05, 3.63) is 33.9 Å². The number of nitrogens with one attached hydrogen (secondary N) is 1. The summed E-state index contributed by atoms with van der Waals surface area (Å²) in [6.45, 7) is 5.34. The molecule has 1 aromatic carbocycles. The summed E-state index contributed by atoms with van der Waals surface area (Å²) in [5.74, 6) is 0.602. The molecule has 1 N–H and O–H groups in total. The van der Waals surface area contributed by atoms with Crippen LogP contribution < -0.4 is 5.32 Å². The van der Waals surface area contributed by atoms with Gasteiger partial charge in [0.15, 0.2) is 0 Å². The van der Waals surface area contributed by atoms with Gasteiger partial charge in [0.2, 0.25) is 0 Å². The van der Waals surface area contributed by atoms with Crippen LogP contribution in [0, 0.1) is 16.0 Å². The lowest BCUT2D eigenvalue weighted by Gasteiger charge is -2.28. The second kappa shape index (κ2) is 7.41. The van der Waals surface area contributed by atoms with E-state index in [2.05, 4.69) is 12.2 Å². The lowest BCUT2D eigenvalue weighted by molar-refractivity contribution is -0.384. The Balaban J connectivity index is 2.02. The third kappa shape index (κ3) is 4.17. The van der Waals surface area contributed by atoms with E-state index in [1.165, 1.54) is 19.3 Å². The molecule has 5 nitrogen and oxygen atoms in total. The summed E-state index contributed by atoms with van der Waals surface area (Å²) >= 11 is 0. The lowest BCUT2D eigenvalue weighted by Crippen LogP contribution is -2.25. The third-order valence-electron chi connectivity index (χ3n) is 4.12. The molecule has 0 bridgehead atoms. The highest BCUT2D eigenvalue weighted by molar-refractivity contribution is 5.62. The summed E-state index contributed by atoms with van der Waals surface area (Å²) in [7, 11) is 0. The summed E-state index contributed by atoms with van der Waals surface area (Å²) < 4.78 is 6.02. The molecule has 1 saturated carbocycles. The standard InChI is InChI=1S/C16H24N2O3/c1-3-17-14-10-13(8-9-15(14)18(19)20)11-21-16-7-5-4-6-12(16)2/h8-10,12,16-17H,3-7,11H2,1-2H3. The number of anilines is 1. The number of hydrogen-bond acceptors (Lipinski definition) is 4. The zero-order valence-electron chi connectivity index (χ0n) is 12.8. The topological polar surface area (TPSA) is 64.4 Å². The number of nitrogens with zero attached hydrogens (tertiary/aromatic N) is 1. The van der Waals surface area contributed by atoms with Crippen molar-refractivity contribution in [2.75, 3.05) is 11.9 Å². The van der Waals surface area contributed by atoms with Crippen molar-refractivity contribution in [1.82, 2.24) is 0 Å². The summed E-state index contributed by atoms with van der Waals surface area (Å²) in [5, 5.41) is 14.0. The molecule has 0 heterocycles. The van der Waals surface area contributed by atoms with Gasteiger partial charge < -0.3 is 10.1 Å². The van der Waals surface area contributed by atoms with Crippen LogP contribution in [0.15, 0.2) is 18.2 Å². The van der Waals surface area contributed by atoms with Crippen molar-refractivity contribution in [1.29, 1.82) is 0 Å². The van der Waals surface area contributed by atoms with Gasteiger partial charge in [-0.25, -0.2) is 0 Å². The first kappa shape index (κ1) is 15.8. The van der Waals surface area contributed by atoms with E-state index in [1.54, 1.807) is 12.1 Å². The van der Waals surface area contributed by atoms with Crippen molar-refractivity contribution >= 4 is 11.4 Å². The zero-order valence-corrected chi connectivity index (χ0v) is 12.8. The highest BCUT2D eigenvalue weighted by Crippen LogP contribution is 2.29. The van der Waals surface area contributed by atoms with Gasteiger partial charge in [-0.2, -0.15) is 0 Å². The van der Waals surface area contributed by atoms with Gasteiger partial charge in [0, 0.05) is 12.6 Å².